The summed E-state index contributed by atoms with van der Waals surface area (Å²) in [7, 11) is 0. The summed E-state index contributed by atoms with van der Waals surface area (Å²) in [6, 6.07) is 13.3. The molecule has 1 aliphatic heterocycles. The predicted octanol–water partition coefficient (Wildman–Crippen LogP) is 3.96. The van der Waals surface area contributed by atoms with E-state index < -0.39 is 5.66 Å². The van der Waals surface area contributed by atoms with Gasteiger partial charge in [-0.25, -0.2) is 4.39 Å². The Hall–Kier alpha value is -3.02. The van der Waals surface area contributed by atoms with Crippen molar-refractivity contribution in [1.82, 2.24) is 4.90 Å². The quantitative estimate of drug-likeness (QED) is 0.852. The number of hydrogen-bond donors (Lipinski definition) is 1. The lowest BCUT2D eigenvalue weighted by Crippen LogP contribution is -2.46. The Bertz CT molecular complexity index is 916. The molecule has 5 nitrogen and oxygen atoms in total. The highest BCUT2D eigenvalue weighted by Crippen LogP contribution is 2.26. The van der Waals surface area contributed by atoms with Crippen molar-refractivity contribution in [1.29, 1.82) is 0 Å². The Balaban J connectivity index is 1.70. The van der Waals surface area contributed by atoms with Crippen molar-refractivity contribution in [2.24, 2.45) is 4.99 Å². The lowest BCUT2D eigenvalue weighted by molar-refractivity contribution is -0.131. The van der Waals surface area contributed by atoms with Gasteiger partial charge in [-0.2, -0.15) is 0 Å². The molecule has 0 fully saturated rings. The van der Waals surface area contributed by atoms with Crippen molar-refractivity contribution >= 4 is 23.2 Å². The molecule has 2 aromatic rings. The summed E-state index contributed by atoms with van der Waals surface area (Å²) in [5.41, 5.74) is 1.77. The fourth-order valence-corrected chi connectivity index (χ4v) is 3.11. The van der Waals surface area contributed by atoms with Gasteiger partial charge in [-0.05, 0) is 61.7 Å². The number of rotatable bonds is 5. The van der Waals surface area contributed by atoms with Crippen LogP contribution >= 0.6 is 0 Å². The smallest absolute Gasteiger partial charge is 0.275 e. The van der Waals surface area contributed by atoms with Crippen LogP contribution in [-0.2, 0) is 9.59 Å². The predicted molar refractivity (Wildman–Crippen MR) is 108 cm³/mol. The third-order valence-electron chi connectivity index (χ3n) is 4.77. The second-order valence-corrected chi connectivity index (χ2v) is 7.68. The van der Waals surface area contributed by atoms with E-state index in [-0.39, 0.29) is 29.9 Å². The van der Waals surface area contributed by atoms with Crippen LogP contribution in [0, 0.1) is 5.82 Å². The van der Waals surface area contributed by atoms with E-state index in [1.165, 1.54) is 34.7 Å². The minimum absolute atomic E-state index is 0.119. The van der Waals surface area contributed by atoms with Crippen molar-refractivity contribution < 1.29 is 14.0 Å². The number of nitrogens with zero attached hydrogens (tertiary/aromatic N) is 2. The van der Waals surface area contributed by atoms with Gasteiger partial charge >= 0.3 is 0 Å². The van der Waals surface area contributed by atoms with E-state index in [0.29, 0.717) is 17.2 Å². The lowest BCUT2D eigenvalue weighted by atomic mass is 10.0. The zero-order chi connectivity index (χ0) is 20.5. The van der Waals surface area contributed by atoms with Gasteiger partial charge in [0.2, 0.25) is 5.91 Å². The highest BCUT2D eigenvalue weighted by atomic mass is 19.1. The largest absolute Gasteiger partial charge is 0.325 e. The van der Waals surface area contributed by atoms with Crippen LogP contribution < -0.4 is 5.32 Å². The highest BCUT2D eigenvalue weighted by Gasteiger charge is 2.41. The Labute approximate surface area is 164 Å². The molecule has 1 aliphatic rings. The monoisotopic (exact) mass is 381 g/mol. The average molecular weight is 381 g/mol. The van der Waals surface area contributed by atoms with Gasteiger partial charge in [-0.1, -0.05) is 26.0 Å². The van der Waals surface area contributed by atoms with Crippen LogP contribution in [0.25, 0.3) is 0 Å². The van der Waals surface area contributed by atoms with Gasteiger partial charge in [0.25, 0.3) is 5.91 Å². The summed E-state index contributed by atoms with van der Waals surface area (Å²) in [6.45, 7) is 7.63. The molecule has 0 spiro atoms. The summed E-state index contributed by atoms with van der Waals surface area (Å²) >= 11 is 0. The normalized spacial score (nSPS) is 15.7. The van der Waals surface area contributed by atoms with Crippen LogP contribution in [0.15, 0.2) is 53.5 Å². The molecule has 1 N–H and O–H groups in total. The summed E-state index contributed by atoms with van der Waals surface area (Å²) in [6.07, 6.45) is 0. The topological polar surface area (TPSA) is 61.8 Å². The molecule has 0 aromatic heterocycles. The average Bonchev–Trinajstić information content (AvgIpc) is 2.86. The summed E-state index contributed by atoms with van der Waals surface area (Å²) in [4.78, 5) is 31.2. The van der Waals surface area contributed by atoms with Crippen LogP contribution in [-0.4, -0.2) is 34.6 Å². The molecule has 28 heavy (non-hydrogen) atoms. The molecular formula is C22H24FN3O2. The van der Waals surface area contributed by atoms with Crippen molar-refractivity contribution in [3.63, 3.8) is 0 Å². The molecule has 3 rings (SSSR count). The van der Waals surface area contributed by atoms with Gasteiger partial charge in [-0.15, -0.1) is 0 Å². The molecular weight excluding hydrogens is 357 g/mol. The molecule has 0 unspecified atom stereocenters. The van der Waals surface area contributed by atoms with Gasteiger partial charge in [0.15, 0.2) is 0 Å². The summed E-state index contributed by atoms with van der Waals surface area (Å²) < 4.78 is 13.2. The molecule has 2 amide bonds. The first kappa shape index (κ1) is 19.7. The number of carbonyl (C=O) groups excluding carboxylic acids is 2. The van der Waals surface area contributed by atoms with Crippen molar-refractivity contribution in [2.45, 2.75) is 39.3 Å². The minimum atomic E-state index is -0.861. The zero-order valence-corrected chi connectivity index (χ0v) is 16.5. The molecule has 1 heterocycles. The molecule has 0 aliphatic carbocycles. The molecule has 6 heteroatoms. The number of carbonyl (C=O) groups is 2. The third-order valence-corrected chi connectivity index (χ3v) is 4.77. The number of amides is 2. The Morgan fingerprint density at radius 2 is 1.71 bits per heavy atom. The zero-order valence-electron chi connectivity index (χ0n) is 16.5. The molecule has 146 valence electrons. The van der Waals surface area contributed by atoms with Crippen LogP contribution in [0.1, 0.15) is 44.7 Å². The van der Waals surface area contributed by atoms with Gasteiger partial charge < -0.3 is 10.2 Å². The Morgan fingerprint density at radius 3 is 2.29 bits per heavy atom. The number of benzene rings is 2. The molecule has 0 bridgehead atoms. The molecule has 0 radical (unpaired) electrons. The van der Waals surface area contributed by atoms with Crippen molar-refractivity contribution in [3.05, 3.63) is 65.5 Å². The van der Waals surface area contributed by atoms with E-state index in [9.17, 15) is 14.0 Å². The Morgan fingerprint density at radius 1 is 1.11 bits per heavy atom. The van der Waals surface area contributed by atoms with Crippen LogP contribution in [0.3, 0.4) is 0 Å². The second-order valence-electron chi connectivity index (χ2n) is 7.68. The van der Waals surface area contributed by atoms with Crippen LogP contribution in [0.5, 0.6) is 0 Å². The van der Waals surface area contributed by atoms with Crippen molar-refractivity contribution in [2.75, 3.05) is 11.9 Å². The first-order valence-electron chi connectivity index (χ1n) is 9.25. The minimum Gasteiger partial charge on any atom is -0.325 e. The fourth-order valence-electron chi connectivity index (χ4n) is 3.11. The van der Waals surface area contributed by atoms with Gasteiger partial charge in [0.1, 0.15) is 23.7 Å². The van der Waals surface area contributed by atoms with E-state index in [2.05, 4.69) is 24.2 Å². The summed E-state index contributed by atoms with van der Waals surface area (Å²) in [5.74, 6) is -0.611. The van der Waals surface area contributed by atoms with Crippen molar-refractivity contribution in [3.8, 4) is 0 Å². The fraction of sp³-hybridized carbons (Fsp3) is 0.318. The van der Waals surface area contributed by atoms with Gasteiger partial charge in [0, 0.05) is 11.3 Å². The van der Waals surface area contributed by atoms with E-state index in [1.807, 2.05) is 24.3 Å². The maximum absolute atomic E-state index is 13.2. The SMILES string of the molecule is CC(C)c1ccc(NC(=O)CN2C(=O)C(c3ccc(F)cc3)=NC2(C)C)cc1. The molecule has 0 saturated carbocycles. The van der Waals surface area contributed by atoms with E-state index in [4.69, 9.17) is 0 Å². The van der Waals surface area contributed by atoms with Gasteiger partial charge in [0.05, 0.1) is 0 Å². The van der Waals surface area contributed by atoms with E-state index in [0.717, 1.165) is 0 Å². The second kappa shape index (κ2) is 7.54. The number of nitrogens with one attached hydrogen (secondary N) is 1. The van der Waals surface area contributed by atoms with E-state index >= 15 is 0 Å². The first-order valence-corrected chi connectivity index (χ1v) is 9.25. The molecule has 2 aromatic carbocycles. The molecule has 0 atom stereocenters. The summed E-state index contributed by atoms with van der Waals surface area (Å²) in [5, 5.41) is 2.82. The van der Waals surface area contributed by atoms with E-state index in [1.54, 1.807) is 13.8 Å². The number of aliphatic imine (C=N–C) groups is 1. The van der Waals surface area contributed by atoms with Crippen LogP contribution in [0.4, 0.5) is 10.1 Å². The first-order chi connectivity index (χ1) is 13.2. The Kier molecular flexibility index (Phi) is 5.31. The number of hydrogen-bond acceptors (Lipinski definition) is 3. The highest BCUT2D eigenvalue weighted by molar-refractivity contribution is 6.47. The lowest BCUT2D eigenvalue weighted by Gasteiger charge is -2.28. The van der Waals surface area contributed by atoms with Crippen LogP contribution in [0.2, 0.25) is 0 Å². The standard InChI is InChI=1S/C22H24FN3O2/c1-14(2)15-7-11-18(12-8-15)24-19(27)13-26-21(28)20(25-22(26,3)4)16-5-9-17(23)10-6-16/h5-12,14H,13H2,1-4H3,(H,24,27). The number of anilines is 1. The molecule has 0 saturated heterocycles. The maximum Gasteiger partial charge on any atom is 0.275 e. The number of halogens is 1. The maximum atomic E-state index is 13.2. The third kappa shape index (κ3) is 4.11. The van der Waals surface area contributed by atoms with Gasteiger partial charge in [-0.3, -0.25) is 14.6 Å².